The number of hydrogen-bond acceptors (Lipinski definition) is 3. The zero-order chi connectivity index (χ0) is 23.7. The van der Waals surface area contributed by atoms with Crippen molar-refractivity contribution < 1.29 is 14.3 Å². The highest BCUT2D eigenvalue weighted by molar-refractivity contribution is 6.32. The molecule has 1 aliphatic rings. The van der Waals surface area contributed by atoms with Crippen molar-refractivity contribution >= 4 is 34.3 Å². The van der Waals surface area contributed by atoms with Crippen LogP contribution in [0.25, 0.3) is 10.9 Å². The number of amides is 2. The number of fused-ring (bicyclic) bond motifs is 1. The van der Waals surface area contributed by atoms with E-state index in [1.165, 1.54) is 5.56 Å². The summed E-state index contributed by atoms with van der Waals surface area (Å²) >= 11 is 6.38. The molecule has 4 rings (SSSR count). The van der Waals surface area contributed by atoms with E-state index in [0.29, 0.717) is 29.6 Å². The number of ether oxygens (including phenoxy) is 1. The highest BCUT2D eigenvalue weighted by Crippen LogP contribution is 2.35. The molecule has 0 atom stereocenters. The predicted octanol–water partition coefficient (Wildman–Crippen LogP) is 4.72. The lowest BCUT2D eigenvalue weighted by atomic mass is 9.88. The highest BCUT2D eigenvalue weighted by Gasteiger charge is 2.28. The molecule has 0 spiro atoms. The van der Waals surface area contributed by atoms with Crippen LogP contribution in [0.5, 0.6) is 5.75 Å². The minimum absolute atomic E-state index is 0.00347. The number of nitrogens with zero attached hydrogens (tertiary/aromatic N) is 3. The molecule has 6 nitrogen and oxygen atoms in total. The zero-order valence-electron chi connectivity index (χ0n) is 19.6. The molecule has 0 saturated carbocycles. The maximum Gasteiger partial charge on any atom is 0.256 e. The number of carbonyl (C=O) groups is 2. The van der Waals surface area contributed by atoms with E-state index >= 15 is 0 Å². The number of para-hydroxylation sites is 1. The van der Waals surface area contributed by atoms with Crippen LogP contribution in [0.4, 0.5) is 0 Å². The van der Waals surface area contributed by atoms with E-state index in [1.54, 1.807) is 32.3 Å². The van der Waals surface area contributed by atoms with Crippen LogP contribution < -0.4 is 4.74 Å². The molecule has 2 heterocycles. The smallest absolute Gasteiger partial charge is 0.256 e. The molecular weight excluding hydrogens is 438 g/mol. The maximum atomic E-state index is 13.6. The molecule has 0 unspecified atom stereocenters. The number of hydrogen-bond donors (Lipinski definition) is 0. The van der Waals surface area contributed by atoms with Crippen LogP contribution in [0.3, 0.4) is 0 Å². The molecule has 2 aromatic carbocycles. The first kappa shape index (κ1) is 23.2. The fourth-order valence-electron chi connectivity index (χ4n) is 4.58. The number of piperidine rings is 1. The molecule has 174 valence electrons. The highest BCUT2D eigenvalue weighted by atomic mass is 35.5. The summed E-state index contributed by atoms with van der Waals surface area (Å²) in [6.45, 7) is 3.44. The molecule has 7 heteroatoms. The number of likely N-dealkylation sites (tertiary alicyclic amines) is 1. The second kappa shape index (κ2) is 9.48. The number of rotatable bonds is 5. The third kappa shape index (κ3) is 4.58. The average Bonchev–Trinajstić information content (AvgIpc) is 3.15. The summed E-state index contributed by atoms with van der Waals surface area (Å²) < 4.78 is 7.37. The second-order valence-corrected chi connectivity index (χ2v) is 9.29. The molecule has 2 amide bonds. The first-order chi connectivity index (χ1) is 15.8. The fourth-order valence-corrected chi connectivity index (χ4v) is 4.73. The topological polar surface area (TPSA) is 54.8 Å². The Morgan fingerprint density at radius 2 is 1.85 bits per heavy atom. The molecule has 33 heavy (non-hydrogen) atoms. The van der Waals surface area contributed by atoms with Crippen LogP contribution in [-0.4, -0.2) is 60.5 Å². The number of carbonyl (C=O) groups excluding carboxylic acids is 2. The Morgan fingerprint density at radius 1 is 1.15 bits per heavy atom. The molecular formula is C26H30ClN3O3. The SMILES string of the molecule is COc1ccccc1C1CCN(C(=O)c2cn(CC(=O)N(C)C)c3cc(Cl)c(C)cc23)CC1. The fraction of sp³-hybridized carbons (Fsp3) is 0.385. The normalized spacial score (nSPS) is 14.5. The van der Waals surface area contributed by atoms with Gasteiger partial charge in [0, 0.05) is 43.8 Å². The number of methoxy groups -OCH3 is 1. The van der Waals surface area contributed by atoms with Gasteiger partial charge in [0.2, 0.25) is 5.91 Å². The number of aryl methyl sites for hydroxylation is 1. The first-order valence-corrected chi connectivity index (χ1v) is 11.6. The van der Waals surface area contributed by atoms with Gasteiger partial charge in [-0.25, -0.2) is 0 Å². The zero-order valence-corrected chi connectivity index (χ0v) is 20.4. The monoisotopic (exact) mass is 467 g/mol. The molecule has 0 N–H and O–H groups in total. The Kier molecular flexibility index (Phi) is 6.66. The first-order valence-electron chi connectivity index (χ1n) is 11.2. The lowest BCUT2D eigenvalue weighted by Crippen LogP contribution is -2.38. The van der Waals surface area contributed by atoms with Gasteiger partial charge in [-0.05, 0) is 55.0 Å². The summed E-state index contributed by atoms with van der Waals surface area (Å²) in [5.41, 5.74) is 3.53. The van der Waals surface area contributed by atoms with Crippen molar-refractivity contribution in [2.75, 3.05) is 34.3 Å². The quantitative estimate of drug-likeness (QED) is 0.545. The van der Waals surface area contributed by atoms with E-state index in [2.05, 4.69) is 6.07 Å². The summed E-state index contributed by atoms with van der Waals surface area (Å²) in [6, 6.07) is 11.9. The summed E-state index contributed by atoms with van der Waals surface area (Å²) in [4.78, 5) is 29.4. The van der Waals surface area contributed by atoms with Crippen molar-refractivity contribution in [2.24, 2.45) is 0 Å². The van der Waals surface area contributed by atoms with Gasteiger partial charge in [0.1, 0.15) is 12.3 Å². The van der Waals surface area contributed by atoms with Gasteiger partial charge in [0.05, 0.1) is 18.2 Å². The summed E-state index contributed by atoms with van der Waals surface area (Å²) in [5, 5.41) is 1.45. The van der Waals surface area contributed by atoms with Gasteiger partial charge in [-0.2, -0.15) is 0 Å². The molecule has 1 saturated heterocycles. The van der Waals surface area contributed by atoms with Crippen LogP contribution in [-0.2, 0) is 11.3 Å². The maximum absolute atomic E-state index is 13.6. The van der Waals surface area contributed by atoms with Gasteiger partial charge in [-0.15, -0.1) is 0 Å². The molecule has 0 bridgehead atoms. The Balaban J connectivity index is 1.59. The molecule has 3 aromatic rings. The summed E-state index contributed by atoms with van der Waals surface area (Å²) in [7, 11) is 5.15. The van der Waals surface area contributed by atoms with Crippen molar-refractivity contribution in [2.45, 2.75) is 32.2 Å². The second-order valence-electron chi connectivity index (χ2n) is 8.89. The summed E-state index contributed by atoms with van der Waals surface area (Å²) in [5.74, 6) is 1.23. The number of aromatic nitrogens is 1. The Morgan fingerprint density at radius 3 is 2.52 bits per heavy atom. The Bertz CT molecular complexity index is 1190. The lowest BCUT2D eigenvalue weighted by molar-refractivity contribution is -0.129. The third-order valence-electron chi connectivity index (χ3n) is 6.56. The minimum atomic E-state index is -0.0415. The average molecular weight is 468 g/mol. The predicted molar refractivity (Wildman–Crippen MR) is 131 cm³/mol. The minimum Gasteiger partial charge on any atom is -0.496 e. The van der Waals surface area contributed by atoms with Crippen LogP contribution in [0.15, 0.2) is 42.6 Å². The van der Waals surface area contributed by atoms with Crippen molar-refractivity contribution in [1.82, 2.24) is 14.4 Å². The molecule has 0 aliphatic carbocycles. The Labute approximate surface area is 199 Å². The third-order valence-corrected chi connectivity index (χ3v) is 6.96. The number of likely N-dealkylation sites (N-methyl/N-ethyl adjacent to an activating group) is 1. The number of benzene rings is 2. The van der Waals surface area contributed by atoms with Gasteiger partial charge in [0.25, 0.3) is 5.91 Å². The molecule has 1 aliphatic heterocycles. The summed E-state index contributed by atoms with van der Waals surface area (Å²) in [6.07, 6.45) is 3.57. The van der Waals surface area contributed by atoms with Crippen molar-refractivity contribution in [3.05, 3.63) is 64.3 Å². The van der Waals surface area contributed by atoms with Crippen LogP contribution in [0, 0.1) is 6.92 Å². The van der Waals surface area contributed by atoms with Gasteiger partial charge in [0.15, 0.2) is 0 Å². The molecule has 1 aromatic heterocycles. The van der Waals surface area contributed by atoms with Gasteiger partial charge < -0.3 is 19.1 Å². The van der Waals surface area contributed by atoms with Gasteiger partial charge in [-0.3, -0.25) is 9.59 Å². The van der Waals surface area contributed by atoms with Crippen molar-refractivity contribution in [1.29, 1.82) is 0 Å². The molecule has 0 radical (unpaired) electrons. The van der Waals surface area contributed by atoms with E-state index in [0.717, 1.165) is 35.1 Å². The van der Waals surface area contributed by atoms with E-state index in [9.17, 15) is 9.59 Å². The van der Waals surface area contributed by atoms with E-state index in [-0.39, 0.29) is 18.4 Å². The van der Waals surface area contributed by atoms with E-state index in [1.807, 2.05) is 46.7 Å². The van der Waals surface area contributed by atoms with E-state index < -0.39 is 0 Å². The standard InChI is InChI=1S/C26H30ClN3O3/c1-17-13-20-21(15-30(16-25(31)28(2)3)23(20)14-22(17)27)26(32)29-11-9-18(10-12-29)19-7-5-6-8-24(19)33-4/h5-8,13-15,18H,9-12,16H2,1-4H3. The lowest BCUT2D eigenvalue weighted by Gasteiger charge is -2.32. The number of halogens is 1. The largest absolute Gasteiger partial charge is 0.496 e. The van der Waals surface area contributed by atoms with E-state index in [4.69, 9.17) is 16.3 Å². The van der Waals surface area contributed by atoms with Crippen LogP contribution in [0.1, 0.15) is 40.2 Å². The van der Waals surface area contributed by atoms with Crippen molar-refractivity contribution in [3.8, 4) is 5.75 Å². The van der Waals surface area contributed by atoms with Crippen LogP contribution >= 0.6 is 11.6 Å². The van der Waals surface area contributed by atoms with Crippen molar-refractivity contribution in [3.63, 3.8) is 0 Å². The van der Waals surface area contributed by atoms with Gasteiger partial charge in [-0.1, -0.05) is 29.8 Å². The molecule has 1 fully saturated rings. The Hall–Kier alpha value is -2.99. The van der Waals surface area contributed by atoms with Crippen LogP contribution in [0.2, 0.25) is 5.02 Å². The van der Waals surface area contributed by atoms with Gasteiger partial charge >= 0.3 is 0 Å².